The fraction of sp³-hybridized carbons (Fsp3) is 0.250. The number of aryl methyl sites for hydroxylation is 1. The minimum atomic E-state index is -4.52. The molecular formula is C20H15ClF3N3O2. The summed E-state index contributed by atoms with van der Waals surface area (Å²) in [6, 6.07) is 7.62. The summed E-state index contributed by atoms with van der Waals surface area (Å²) in [6.07, 6.45) is 1.40. The fourth-order valence-electron chi connectivity index (χ4n) is 3.29. The first-order chi connectivity index (χ1) is 13.8. The van der Waals surface area contributed by atoms with Crippen LogP contribution in [0.25, 0.3) is 5.82 Å². The first-order valence-corrected chi connectivity index (χ1v) is 9.32. The molecule has 0 N–H and O–H groups in total. The van der Waals surface area contributed by atoms with Gasteiger partial charge in [0.2, 0.25) is 0 Å². The lowest BCUT2D eigenvalue weighted by Gasteiger charge is -2.19. The Labute approximate surface area is 168 Å². The van der Waals surface area contributed by atoms with Crippen molar-refractivity contribution in [3.63, 3.8) is 0 Å². The number of ether oxygens (including phenoxy) is 1. The van der Waals surface area contributed by atoms with Gasteiger partial charge >= 0.3 is 6.18 Å². The predicted octanol–water partition coefficient (Wildman–Crippen LogP) is 4.97. The van der Waals surface area contributed by atoms with E-state index in [-0.39, 0.29) is 16.6 Å². The van der Waals surface area contributed by atoms with Gasteiger partial charge in [0.05, 0.1) is 11.8 Å². The van der Waals surface area contributed by atoms with Gasteiger partial charge in [0, 0.05) is 6.20 Å². The van der Waals surface area contributed by atoms with Crippen LogP contribution in [0, 0.1) is 0 Å². The summed E-state index contributed by atoms with van der Waals surface area (Å²) in [5, 5.41) is 3.73. The molecule has 0 saturated carbocycles. The average molecular weight is 422 g/mol. The largest absolute Gasteiger partial charge is 0.454 e. The molecule has 0 saturated heterocycles. The Hall–Kier alpha value is -2.87. The van der Waals surface area contributed by atoms with E-state index in [0.29, 0.717) is 11.9 Å². The van der Waals surface area contributed by atoms with Gasteiger partial charge in [-0.2, -0.15) is 23.0 Å². The number of nitrogens with zero attached hydrogens (tertiary/aromatic N) is 3. The normalized spacial score (nSPS) is 13.8. The molecule has 5 nitrogen and oxygen atoms in total. The van der Waals surface area contributed by atoms with Crippen LogP contribution >= 0.6 is 11.6 Å². The molecule has 0 aliphatic heterocycles. The van der Waals surface area contributed by atoms with Crippen molar-refractivity contribution >= 4 is 11.6 Å². The Kier molecular flexibility index (Phi) is 5.04. The van der Waals surface area contributed by atoms with Gasteiger partial charge in [-0.15, -0.1) is 0 Å². The van der Waals surface area contributed by atoms with E-state index >= 15 is 0 Å². The van der Waals surface area contributed by atoms with Crippen molar-refractivity contribution < 1.29 is 17.9 Å². The van der Waals surface area contributed by atoms with Crippen molar-refractivity contribution in [1.82, 2.24) is 14.8 Å². The number of benzene rings is 1. The third-order valence-electron chi connectivity index (χ3n) is 4.75. The highest BCUT2D eigenvalue weighted by Crippen LogP contribution is 2.34. The number of hydrogen-bond acceptors (Lipinski definition) is 4. The number of hydrogen-bond donors (Lipinski definition) is 0. The van der Waals surface area contributed by atoms with Crippen molar-refractivity contribution in [2.24, 2.45) is 0 Å². The van der Waals surface area contributed by atoms with Crippen LogP contribution in [0.15, 0.2) is 47.5 Å². The standard InChI is InChI=1S/C20H15ClF3N3O2/c21-18-16(29-15-7-3-5-12-4-1-2-6-14(12)15)11-26-27(19(18)28)17-9-8-13(10-25-17)20(22,23)24/h3,5,7-11H,1-2,4,6H2. The molecule has 0 radical (unpaired) electrons. The van der Waals surface area contributed by atoms with Crippen LogP contribution in [0.3, 0.4) is 0 Å². The minimum absolute atomic E-state index is 0.0754. The Morgan fingerprint density at radius 3 is 2.55 bits per heavy atom. The molecule has 9 heteroatoms. The Balaban J connectivity index is 1.66. The third kappa shape index (κ3) is 3.85. The van der Waals surface area contributed by atoms with Crippen molar-refractivity contribution in [1.29, 1.82) is 0 Å². The molecule has 1 aromatic carbocycles. The monoisotopic (exact) mass is 421 g/mol. The zero-order valence-corrected chi connectivity index (χ0v) is 15.8. The summed E-state index contributed by atoms with van der Waals surface area (Å²) in [4.78, 5) is 16.2. The van der Waals surface area contributed by atoms with Gasteiger partial charge in [-0.25, -0.2) is 4.98 Å². The Morgan fingerprint density at radius 2 is 1.83 bits per heavy atom. The van der Waals surface area contributed by atoms with Gasteiger partial charge in [-0.05, 0) is 55.0 Å². The molecule has 1 aliphatic rings. The lowest BCUT2D eigenvalue weighted by Crippen LogP contribution is -2.23. The molecule has 0 bridgehead atoms. The van der Waals surface area contributed by atoms with E-state index in [1.165, 1.54) is 11.8 Å². The number of aromatic nitrogens is 3. The Bertz CT molecular complexity index is 1110. The van der Waals surface area contributed by atoms with Crippen LogP contribution in [0.4, 0.5) is 13.2 Å². The van der Waals surface area contributed by atoms with Crippen LogP contribution in [-0.4, -0.2) is 14.8 Å². The molecule has 150 valence electrons. The number of rotatable bonds is 3. The van der Waals surface area contributed by atoms with Crippen LogP contribution in [0.2, 0.25) is 5.02 Å². The maximum Gasteiger partial charge on any atom is 0.417 e. The van der Waals surface area contributed by atoms with Crippen LogP contribution in [-0.2, 0) is 19.0 Å². The van der Waals surface area contributed by atoms with Crippen LogP contribution in [0.5, 0.6) is 11.5 Å². The van der Waals surface area contributed by atoms with Crippen molar-refractivity contribution in [3.8, 4) is 17.3 Å². The molecule has 0 atom stereocenters. The zero-order chi connectivity index (χ0) is 20.6. The van der Waals surface area contributed by atoms with E-state index in [9.17, 15) is 18.0 Å². The van der Waals surface area contributed by atoms with E-state index in [0.717, 1.165) is 48.1 Å². The molecule has 29 heavy (non-hydrogen) atoms. The minimum Gasteiger partial charge on any atom is -0.454 e. The highest BCUT2D eigenvalue weighted by molar-refractivity contribution is 6.31. The molecule has 2 aromatic heterocycles. The third-order valence-corrected chi connectivity index (χ3v) is 5.10. The topological polar surface area (TPSA) is 57.0 Å². The molecule has 0 spiro atoms. The van der Waals surface area contributed by atoms with E-state index in [2.05, 4.69) is 16.1 Å². The van der Waals surface area contributed by atoms with Gasteiger partial charge in [-0.1, -0.05) is 23.7 Å². The maximum atomic E-state index is 12.7. The summed E-state index contributed by atoms with van der Waals surface area (Å²) >= 11 is 6.18. The molecule has 0 fully saturated rings. The van der Waals surface area contributed by atoms with E-state index in [1.54, 1.807) is 0 Å². The number of alkyl halides is 3. The second-order valence-electron chi connectivity index (χ2n) is 6.65. The average Bonchev–Trinajstić information content (AvgIpc) is 2.71. The molecule has 3 aromatic rings. The fourth-order valence-corrected chi connectivity index (χ4v) is 3.46. The molecule has 0 unspecified atom stereocenters. The molecule has 2 heterocycles. The summed E-state index contributed by atoms with van der Waals surface area (Å²) in [6.45, 7) is 0. The van der Waals surface area contributed by atoms with Crippen molar-refractivity contribution in [2.75, 3.05) is 0 Å². The smallest absolute Gasteiger partial charge is 0.417 e. The molecule has 4 rings (SSSR count). The van der Waals surface area contributed by atoms with E-state index < -0.39 is 17.3 Å². The summed E-state index contributed by atoms with van der Waals surface area (Å²) in [5.41, 5.74) is 0.638. The van der Waals surface area contributed by atoms with Gasteiger partial charge in [-0.3, -0.25) is 4.79 Å². The lowest BCUT2D eigenvalue weighted by molar-refractivity contribution is -0.137. The van der Waals surface area contributed by atoms with Crippen molar-refractivity contribution in [2.45, 2.75) is 31.9 Å². The number of fused-ring (bicyclic) bond motifs is 1. The molecule has 0 amide bonds. The summed E-state index contributed by atoms with van der Waals surface area (Å²) in [5.74, 6) is 0.628. The highest BCUT2D eigenvalue weighted by Gasteiger charge is 2.30. The summed E-state index contributed by atoms with van der Waals surface area (Å²) < 4.78 is 44.7. The zero-order valence-electron chi connectivity index (χ0n) is 15.0. The van der Waals surface area contributed by atoms with Crippen molar-refractivity contribution in [3.05, 3.63) is 74.8 Å². The first-order valence-electron chi connectivity index (χ1n) is 8.94. The van der Waals surface area contributed by atoms with Crippen LogP contribution in [0.1, 0.15) is 29.5 Å². The summed E-state index contributed by atoms with van der Waals surface area (Å²) in [7, 11) is 0. The first kappa shape index (κ1) is 19.4. The number of halogens is 4. The maximum absolute atomic E-state index is 12.7. The van der Waals surface area contributed by atoms with Gasteiger partial charge in [0.15, 0.2) is 16.6 Å². The predicted molar refractivity (Wildman–Crippen MR) is 101 cm³/mol. The van der Waals surface area contributed by atoms with E-state index in [4.69, 9.17) is 16.3 Å². The van der Waals surface area contributed by atoms with Gasteiger partial charge < -0.3 is 4.74 Å². The van der Waals surface area contributed by atoms with Crippen LogP contribution < -0.4 is 10.3 Å². The van der Waals surface area contributed by atoms with E-state index in [1.807, 2.05) is 12.1 Å². The second kappa shape index (κ2) is 7.51. The van der Waals surface area contributed by atoms with Gasteiger partial charge in [0.25, 0.3) is 5.56 Å². The van der Waals surface area contributed by atoms with Gasteiger partial charge in [0.1, 0.15) is 5.75 Å². The lowest BCUT2D eigenvalue weighted by atomic mass is 9.91. The number of pyridine rings is 1. The highest BCUT2D eigenvalue weighted by atomic mass is 35.5. The SMILES string of the molecule is O=c1c(Cl)c(Oc2cccc3c2CCCC3)cnn1-c1ccc(C(F)(F)F)cn1. The Morgan fingerprint density at radius 1 is 1.03 bits per heavy atom. The molecule has 1 aliphatic carbocycles. The molecular weight excluding hydrogens is 407 g/mol. The second-order valence-corrected chi connectivity index (χ2v) is 7.02. The quantitative estimate of drug-likeness (QED) is 0.599.